The van der Waals surface area contributed by atoms with Crippen LogP contribution in [0.3, 0.4) is 0 Å². The van der Waals surface area contributed by atoms with Gasteiger partial charge in [0.15, 0.2) is 0 Å². The molecule has 0 aromatic heterocycles. The maximum absolute atomic E-state index is 13.4. The van der Waals surface area contributed by atoms with Crippen LogP contribution >= 0.6 is 11.8 Å². The standard InChI is InChI=1S/C25H24N2O2S/c28-25(26-19-7-5-6-18(16-19)17-27-12-14-30-15-13-27)24-20-8-1-3-10-22(20)29-23-11-4-2-9-21(23)24/h1-11,16,24H,12-15,17H2,(H,26,28). The van der Waals surface area contributed by atoms with Gasteiger partial charge in [0.2, 0.25) is 5.91 Å². The second kappa shape index (κ2) is 8.54. The number of ether oxygens (including phenoxy) is 1. The minimum Gasteiger partial charge on any atom is -0.457 e. The van der Waals surface area contributed by atoms with Crippen LogP contribution in [0.5, 0.6) is 11.5 Å². The van der Waals surface area contributed by atoms with E-state index in [1.807, 2.05) is 72.4 Å². The number of carbonyl (C=O) groups excluding carboxylic acids is 1. The van der Waals surface area contributed by atoms with E-state index in [-0.39, 0.29) is 5.91 Å². The van der Waals surface area contributed by atoms with Gasteiger partial charge in [0, 0.05) is 48.0 Å². The van der Waals surface area contributed by atoms with Gasteiger partial charge in [-0.2, -0.15) is 11.8 Å². The van der Waals surface area contributed by atoms with Gasteiger partial charge in [-0.3, -0.25) is 9.69 Å². The first-order valence-corrected chi connectivity index (χ1v) is 11.5. The van der Waals surface area contributed by atoms with Gasteiger partial charge >= 0.3 is 0 Å². The molecule has 5 rings (SSSR count). The van der Waals surface area contributed by atoms with Crippen molar-refractivity contribution in [2.24, 2.45) is 0 Å². The van der Waals surface area contributed by atoms with Crippen molar-refractivity contribution < 1.29 is 9.53 Å². The number of nitrogens with one attached hydrogen (secondary N) is 1. The zero-order valence-electron chi connectivity index (χ0n) is 16.7. The molecule has 1 saturated heterocycles. The fourth-order valence-corrected chi connectivity index (χ4v) is 5.15. The summed E-state index contributed by atoms with van der Waals surface area (Å²) in [6, 6.07) is 23.8. The Morgan fingerprint density at radius 1 is 0.933 bits per heavy atom. The van der Waals surface area contributed by atoms with Crippen LogP contribution in [0.15, 0.2) is 72.8 Å². The number of anilines is 1. The van der Waals surface area contributed by atoms with Crippen molar-refractivity contribution in [2.45, 2.75) is 12.5 Å². The lowest BCUT2D eigenvalue weighted by molar-refractivity contribution is -0.116. The van der Waals surface area contributed by atoms with Gasteiger partial charge in [-0.05, 0) is 29.8 Å². The van der Waals surface area contributed by atoms with Gasteiger partial charge in [0.25, 0.3) is 0 Å². The predicted molar refractivity (Wildman–Crippen MR) is 122 cm³/mol. The topological polar surface area (TPSA) is 41.6 Å². The Morgan fingerprint density at radius 3 is 2.30 bits per heavy atom. The van der Waals surface area contributed by atoms with Gasteiger partial charge in [0.1, 0.15) is 11.5 Å². The summed E-state index contributed by atoms with van der Waals surface area (Å²) in [5.74, 6) is 3.44. The molecule has 0 unspecified atom stereocenters. The molecule has 2 aliphatic rings. The van der Waals surface area contributed by atoms with Gasteiger partial charge in [0.05, 0.1) is 5.92 Å². The van der Waals surface area contributed by atoms with E-state index in [0.29, 0.717) is 0 Å². The zero-order valence-corrected chi connectivity index (χ0v) is 17.5. The van der Waals surface area contributed by atoms with E-state index in [1.54, 1.807) is 0 Å². The van der Waals surface area contributed by atoms with Crippen LogP contribution in [0.2, 0.25) is 0 Å². The minimum atomic E-state index is -0.395. The van der Waals surface area contributed by atoms with E-state index in [2.05, 4.69) is 22.3 Å². The highest BCUT2D eigenvalue weighted by atomic mass is 32.2. The van der Waals surface area contributed by atoms with Gasteiger partial charge in [-0.1, -0.05) is 48.5 Å². The average Bonchev–Trinajstić information content (AvgIpc) is 2.78. The third kappa shape index (κ3) is 3.95. The van der Waals surface area contributed by atoms with Crippen molar-refractivity contribution in [1.82, 2.24) is 4.90 Å². The monoisotopic (exact) mass is 416 g/mol. The molecule has 3 aromatic carbocycles. The minimum absolute atomic E-state index is 0.0373. The highest BCUT2D eigenvalue weighted by molar-refractivity contribution is 7.99. The fraction of sp³-hybridized carbons (Fsp3) is 0.240. The molecule has 2 aliphatic heterocycles. The molecule has 1 amide bonds. The molecule has 0 spiro atoms. The molecule has 5 heteroatoms. The van der Waals surface area contributed by atoms with E-state index in [1.165, 1.54) is 17.1 Å². The van der Waals surface area contributed by atoms with E-state index < -0.39 is 5.92 Å². The number of amides is 1. The normalized spacial score (nSPS) is 16.3. The van der Waals surface area contributed by atoms with Gasteiger partial charge < -0.3 is 10.1 Å². The van der Waals surface area contributed by atoms with Gasteiger partial charge in [-0.15, -0.1) is 0 Å². The third-order valence-corrected chi connectivity index (χ3v) is 6.59. The SMILES string of the molecule is O=C(Nc1cccc(CN2CCSCC2)c1)C1c2ccccc2Oc2ccccc21. The molecule has 1 N–H and O–H groups in total. The quantitative estimate of drug-likeness (QED) is 0.642. The summed E-state index contributed by atoms with van der Waals surface area (Å²) in [5.41, 5.74) is 3.86. The van der Waals surface area contributed by atoms with Crippen molar-refractivity contribution in [3.8, 4) is 11.5 Å². The lowest BCUT2D eigenvalue weighted by atomic mass is 9.87. The smallest absolute Gasteiger partial charge is 0.236 e. The molecule has 0 aliphatic carbocycles. The Morgan fingerprint density at radius 2 is 1.60 bits per heavy atom. The molecule has 3 aromatic rings. The number of carbonyl (C=O) groups is 1. The summed E-state index contributed by atoms with van der Waals surface area (Å²) < 4.78 is 6.02. The molecule has 4 nitrogen and oxygen atoms in total. The van der Waals surface area contributed by atoms with Crippen molar-refractivity contribution in [2.75, 3.05) is 29.9 Å². The second-order valence-electron chi connectivity index (χ2n) is 7.69. The largest absolute Gasteiger partial charge is 0.457 e. The Bertz CT molecular complexity index is 1020. The molecule has 0 bridgehead atoms. The molecule has 30 heavy (non-hydrogen) atoms. The van der Waals surface area contributed by atoms with Crippen LogP contribution < -0.4 is 10.1 Å². The van der Waals surface area contributed by atoms with Crippen molar-refractivity contribution in [3.05, 3.63) is 89.5 Å². The summed E-state index contributed by atoms with van der Waals surface area (Å²) >= 11 is 2.02. The molecule has 2 heterocycles. The van der Waals surface area contributed by atoms with Crippen LogP contribution in [0.25, 0.3) is 0 Å². The molecule has 0 saturated carbocycles. The number of hydrogen-bond donors (Lipinski definition) is 1. The molecular formula is C25H24N2O2S. The first-order valence-electron chi connectivity index (χ1n) is 10.3. The summed E-state index contributed by atoms with van der Waals surface area (Å²) in [6.07, 6.45) is 0. The van der Waals surface area contributed by atoms with Crippen LogP contribution in [0, 0.1) is 0 Å². The lowest BCUT2D eigenvalue weighted by Crippen LogP contribution is -2.32. The van der Waals surface area contributed by atoms with Crippen LogP contribution in [-0.4, -0.2) is 35.4 Å². The van der Waals surface area contributed by atoms with Crippen molar-refractivity contribution in [3.63, 3.8) is 0 Å². The first-order chi connectivity index (χ1) is 14.8. The average molecular weight is 417 g/mol. The number of nitrogens with zero attached hydrogens (tertiary/aromatic N) is 1. The fourth-order valence-electron chi connectivity index (χ4n) is 4.17. The molecule has 1 fully saturated rings. The third-order valence-electron chi connectivity index (χ3n) is 5.65. The maximum Gasteiger partial charge on any atom is 0.236 e. The summed E-state index contributed by atoms with van der Waals surface area (Å²) in [4.78, 5) is 15.9. The van der Waals surface area contributed by atoms with E-state index in [4.69, 9.17) is 4.74 Å². The highest BCUT2D eigenvalue weighted by Crippen LogP contribution is 2.44. The molecular weight excluding hydrogens is 392 g/mol. The number of rotatable bonds is 4. The molecule has 0 radical (unpaired) electrons. The Balaban J connectivity index is 1.39. The number of fused-ring (bicyclic) bond motifs is 2. The Kier molecular flexibility index (Phi) is 5.47. The number of thioether (sulfide) groups is 1. The van der Waals surface area contributed by atoms with Gasteiger partial charge in [-0.25, -0.2) is 0 Å². The zero-order chi connectivity index (χ0) is 20.3. The van der Waals surface area contributed by atoms with E-state index in [0.717, 1.165) is 47.9 Å². The predicted octanol–water partition coefficient (Wildman–Crippen LogP) is 5.11. The number of benzene rings is 3. The molecule has 152 valence electrons. The highest BCUT2D eigenvalue weighted by Gasteiger charge is 2.32. The summed E-state index contributed by atoms with van der Waals surface area (Å²) in [5, 5.41) is 3.15. The Hall–Kier alpha value is -2.76. The summed E-state index contributed by atoms with van der Waals surface area (Å²) in [6.45, 7) is 3.17. The van der Waals surface area contributed by atoms with Crippen LogP contribution in [-0.2, 0) is 11.3 Å². The van der Waals surface area contributed by atoms with E-state index in [9.17, 15) is 4.79 Å². The number of hydrogen-bond acceptors (Lipinski definition) is 4. The van der Waals surface area contributed by atoms with Crippen molar-refractivity contribution in [1.29, 1.82) is 0 Å². The van der Waals surface area contributed by atoms with E-state index >= 15 is 0 Å². The van der Waals surface area contributed by atoms with Crippen molar-refractivity contribution >= 4 is 23.4 Å². The summed E-state index contributed by atoms with van der Waals surface area (Å²) in [7, 11) is 0. The number of para-hydroxylation sites is 2. The lowest BCUT2D eigenvalue weighted by Gasteiger charge is -2.28. The maximum atomic E-state index is 13.4. The van der Waals surface area contributed by atoms with Crippen LogP contribution in [0.1, 0.15) is 22.6 Å². The first kappa shape index (κ1) is 19.2. The second-order valence-corrected chi connectivity index (χ2v) is 8.91. The molecule has 0 atom stereocenters. The van der Waals surface area contributed by atoms with Crippen LogP contribution in [0.4, 0.5) is 5.69 Å². The Labute approximate surface area is 181 Å².